The van der Waals surface area contributed by atoms with Crippen LogP contribution in [0, 0.1) is 0 Å². The zero-order chi connectivity index (χ0) is 14.1. The van der Waals surface area contributed by atoms with Gasteiger partial charge in [0.2, 0.25) is 0 Å². The minimum atomic E-state index is -4.04. The van der Waals surface area contributed by atoms with E-state index in [9.17, 15) is 13.2 Å². The molecule has 7 heteroatoms. The van der Waals surface area contributed by atoms with E-state index in [2.05, 4.69) is 15.6 Å². The van der Waals surface area contributed by atoms with Gasteiger partial charge in [-0.25, -0.2) is 0 Å². The van der Waals surface area contributed by atoms with Crippen molar-refractivity contribution in [3.63, 3.8) is 0 Å². The molecular weight excluding hydrogens is 275 g/mol. The van der Waals surface area contributed by atoms with Crippen LogP contribution in [-0.2, 0) is 0 Å². The molecule has 2 N–H and O–H groups in total. The summed E-state index contributed by atoms with van der Waals surface area (Å²) in [7, 11) is 1.67. The molecule has 0 aromatic rings. The van der Waals surface area contributed by atoms with Crippen LogP contribution in [0.4, 0.5) is 13.2 Å². The van der Waals surface area contributed by atoms with Crippen molar-refractivity contribution in [2.45, 2.75) is 43.5 Å². The summed E-state index contributed by atoms with van der Waals surface area (Å²) in [6.07, 6.45) is -1.61. The first kappa shape index (κ1) is 16.5. The van der Waals surface area contributed by atoms with Crippen LogP contribution in [0.2, 0.25) is 0 Å². The molecule has 19 heavy (non-hydrogen) atoms. The Morgan fingerprint density at radius 2 is 2.11 bits per heavy atom. The number of thioether (sulfide) groups is 1. The van der Waals surface area contributed by atoms with E-state index in [1.165, 1.54) is 18.6 Å². The molecule has 0 bridgehead atoms. The quantitative estimate of drug-likeness (QED) is 0.450. The highest BCUT2D eigenvalue weighted by Gasteiger charge is 2.25. The van der Waals surface area contributed by atoms with Gasteiger partial charge in [-0.2, -0.15) is 24.9 Å². The molecular formula is C12H22F3N3S. The van der Waals surface area contributed by atoms with Crippen molar-refractivity contribution in [2.75, 3.05) is 25.9 Å². The second kappa shape index (κ2) is 8.55. The molecule has 3 nitrogen and oxygen atoms in total. The Bertz CT molecular complexity index is 276. The summed E-state index contributed by atoms with van der Waals surface area (Å²) in [4.78, 5) is 4.06. The van der Waals surface area contributed by atoms with E-state index in [1.807, 2.05) is 11.8 Å². The van der Waals surface area contributed by atoms with Crippen LogP contribution in [0.3, 0.4) is 0 Å². The molecule has 1 aliphatic rings. The third-order valence-electron chi connectivity index (χ3n) is 2.92. The molecule has 112 valence electrons. The number of nitrogens with one attached hydrogen (secondary N) is 2. The summed E-state index contributed by atoms with van der Waals surface area (Å²) in [5.41, 5.74) is 0. The number of unbranched alkanes of at least 4 members (excludes halogenated alkanes) is 1. The highest BCUT2D eigenvalue weighted by atomic mass is 32.2. The third-order valence-corrected chi connectivity index (χ3v) is 4.32. The van der Waals surface area contributed by atoms with Gasteiger partial charge in [-0.15, -0.1) is 0 Å². The fourth-order valence-electron chi connectivity index (χ4n) is 1.89. The number of nitrogens with zero attached hydrogens (tertiary/aromatic N) is 1. The van der Waals surface area contributed by atoms with Crippen molar-refractivity contribution in [1.82, 2.24) is 10.6 Å². The number of alkyl halides is 3. The third kappa shape index (κ3) is 8.23. The fraction of sp³-hybridized carbons (Fsp3) is 0.917. The van der Waals surface area contributed by atoms with E-state index >= 15 is 0 Å². The normalized spacial score (nSPS) is 20.6. The minimum absolute atomic E-state index is 0.159. The SMILES string of the molecule is CN=C(NCCCCC(F)(F)F)NCC1CCCS1. The molecule has 1 rings (SSSR count). The lowest BCUT2D eigenvalue weighted by molar-refractivity contribution is -0.135. The van der Waals surface area contributed by atoms with Crippen LogP contribution < -0.4 is 10.6 Å². The number of halogens is 3. The second-order valence-electron chi connectivity index (χ2n) is 4.59. The van der Waals surface area contributed by atoms with Gasteiger partial charge in [-0.05, 0) is 31.4 Å². The Morgan fingerprint density at radius 3 is 2.68 bits per heavy atom. The Hall–Kier alpha value is -0.590. The van der Waals surface area contributed by atoms with E-state index in [4.69, 9.17) is 0 Å². The predicted octanol–water partition coefficient (Wildman–Crippen LogP) is 2.78. The van der Waals surface area contributed by atoms with Gasteiger partial charge in [0.1, 0.15) is 0 Å². The van der Waals surface area contributed by atoms with Crippen molar-refractivity contribution < 1.29 is 13.2 Å². The number of hydrogen-bond donors (Lipinski definition) is 2. The summed E-state index contributed by atoms with van der Waals surface area (Å²) in [6, 6.07) is 0. The second-order valence-corrected chi connectivity index (χ2v) is 6.00. The van der Waals surface area contributed by atoms with Crippen LogP contribution in [-0.4, -0.2) is 43.3 Å². The van der Waals surface area contributed by atoms with Crippen molar-refractivity contribution in [2.24, 2.45) is 4.99 Å². The van der Waals surface area contributed by atoms with Crippen molar-refractivity contribution in [3.8, 4) is 0 Å². The maximum atomic E-state index is 11.9. The molecule has 1 atom stereocenters. The molecule has 0 aromatic carbocycles. The first-order chi connectivity index (χ1) is 9.01. The van der Waals surface area contributed by atoms with E-state index in [-0.39, 0.29) is 6.42 Å². The van der Waals surface area contributed by atoms with Crippen LogP contribution >= 0.6 is 11.8 Å². The standard InChI is InChI=1S/C12H22F3N3S/c1-16-11(18-9-10-5-4-8-19-10)17-7-3-2-6-12(13,14)15/h10H,2-9H2,1H3,(H2,16,17,18). The molecule has 0 amide bonds. The van der Waals surface area contributed by atoms with Gasteiger partial charge in [0.05, 0.1) is 0 Å². The van der Waals surface area contributed by atoms with Gasteiger partial charge in [-0.3, -0.25) is 4.99 Å². The first-order valence-electron chi connectivity index (χ1n) is 6.64. The first-order valence-corrected chi connectivity index (χ1v) is 7.69. The monoisotopic (exact) mass is 297 g/mol. The summed E-state index contributed by atoms with van der Waals surface area (Å²) in [6.45, 7) is 1.39. The highest BCUT2D eigenvalue weighted by molar-refractivity contribution is 8.00. The molecule has 0 saturated carbocycles. The lowest BCUT2D eigenvalue weighted by Crippen LogP contribution is -2.40. The molecule has 1 aliphatic heterocycles. The summed E-state index contributed by atoms with van der Waals surface area (Å²) < 4.78 is 35.8. The average Bonchev–Trinajstić information content (AvgIpc) is 2.84. The number of rotatable bonds is 6. The van der Waals surface area contributed by atoms with E-state index in [0.29, 0.717) is 24.2 Å². The highest BCUT2D eigenvalue weighted by Crippen LogP contribution is 2.25. The minimum Gasteiger partial charge on any atom is -0.356 e. The number of guanidine groups is 1. The van der Waals surface area contributed by atoms with Crippen molar-refractivity contribution >= 4 is 17.7 Å². The average molecular weight is 297 g/mol. The van der Waals surface area contributed by atoms with E-state index in [1.54, 1.807) is 7.05 Å². The smallest absolute Gasteiger partial charge is 0.356 e. The van der Waals surface area contributed by atoms with Gasteiger partial charge in [0.15, 0.2) is 5.96 Å². The Balaban J connectivity index is 2.05. The molecule has 0 aliphatic carbocycles. The molecule has 0 radical (unpaired) electrons. The van der Waals surface area contributed by atoms with Gasteiger partial charge >= 0.3 is 6.18 Å². The largest absolute Gasteiger partial charge is 0.389 e. The topological polar surface area (TPSA) is 36.4 Å². The Labute approximate surface area is 116 Å². The lowest BCUT2D eigenvalue weighted by Gasteiger charge is -2.14. The maximum Gasteiger partial charge on any atom is 0.389 e. The molecule has 1 heterocycles. The maximum absolute atomic E-state index is 11.9. The number of aliphatic imine (C=N–C) groups is 1. The van der Waals surface area contributed by atoms with E-state index < -0.39 is 12.6 Å². The zero-order valence-corrected chi connectivity index (χ0v) is 12.0. The van der Waals surface area contributed by atoms with Crippen LogP contribution in [0.5, 0.6) is 0 Å². The molecule has 1 fully saturated rings. The lowest BCUT2D eigenvalue weighted by atomic mass is 10.2. The van der Waals surface area contributed by atoms with Crippen LogP contribution in [0.25, 0.3) is 0 Å². The van der Waals surface area contributed by atoms with Gasteiger partial charge in [-0.1, -0.05) is 0 Å². The van der Waals surface area contributed by atoms with Crippen molar-refractivity contribution in [3.05, 3.63) is 0 Å². The van der Waals surface area contributed by atoms with Gasteiger partial charge < -0.3 is 10.6 Å². The molecule has 0 aromatic heterocycles. The molecule has 1 saturated heterocycles. The zero-order valence-electron chi connectivity index (χ0n) is 11.2. The molecule has 0 spiro atoms. The summed E-state index contributed by atoms with van der Waals surface area (Å²) >= 11 is 1.96. The fourth-order valence-corrected chi connectivity index (χ4v) is 3.09. The number of hydrogen-bond acceptors (Lipinski definition) is 2. The molecule has 1 unspecified atom stereocenters. The van der Waals surface area contributed by atoms with Crippen LogP contribution in [0.1, 0.15) is 32.1 Å². The van der Waals surface area contributed by atoms with Gasteiger partial charge in [0.25, 0.3) is 0 Å². The predicted molar refractivity (Wildman–Crippen MR) is 74.8 cm³/mol. The van der Waals surface area contributed by atoms with Gasteiger partial charge in [0, 0.05) is 31.8 Å². The Morgan fingerprint density at radius 1 is 1.32 bits per heavy atom. The summed E-state index contributed by atoms with van der Waals surface area (Å²) in [5.74, 6) is 1.90. The Kier molecular flexibility index (Phi) is 7.41. The van der Waals surface area contributed by atoms with E-state index in [0.717, 1.165) is 6.54 Å². The van der Waals surface area contributed by atoms with Crippen molar-refractivity contribution in [1.29, 1.82) is 0 Å². The van der Waals surface area contributed by atoms with Crippen LogP contribution in [0.15, 0.2) is 4.99 Å². The summed E-state index contributed by atoms with van der Waals surface area (Å²) in [5, 5.41) is 6.88.